The summed E-state index contributed by atoms with van der Waals surface area (Å²) in [6.45, 7) is 4.96. The third kappa shape index (κ3) is 3.45. The van der Waals surface area contributed by atoms with E-state index in [0.717, 1.165) is 31.2 Å². The zero-order chi connectivity index (χ0) is 11.2. The van der Waals surface area contributed by atoms with E-state index in [1.807, 2.05) is 19.1 Å². The van der Waals surface area contributed by atoms with E-state index >= 15 is 0 Å². The highest BCUT2D eigenvalue weighted by Crippen LogP contribution is 2.14. The molecule has 0 saturated carbocycles. The molecule has 0 aliphatic carbocycles. The van der Waals surface area contributed by atoms with Gasteiger partial charge in [-0.1, -0.05) is 0 Å². The maximum absolute atomic E-state index is 5.56. The Balaban J connectivity index is 1.69. The van der Waals surface area contributed by atoms with Crippen molar-refractivity contribution in [1.29, 1.82) is 0 Å². The summed E-state index contributed by atoms with van der Waals surface area (Å²) in [7, 11) is 0. The van der Waals surface area contributed by atoms with Gasteiger partial charge in [-0.2, -0.15) is 5.10 Å². The van der Waals surface area contributed by atoms with E-state index in [1.165, 1.54) is 19.4 Å². The molecular formula is C12H19N3O. The predicted molar refractivity (Wildman–Crippen MR) is 62.5 cm³/mol. The van der Waals surface area contributed by atoms with Crippen molar-refractivity contribution in [2.45, 2.75) is 26.2 Å². The van der Waals surface area contributed by atoms with Crippen LogP contribution in [-0.4, -0.2) is 29.9 Å². The predicted octanol–water partition coefficient (Wildman–Crippen LogP) is 1.55. The molecule has 4 nitrogen and oxygen atoms in total. The first-order valence-electron chi connectivity index (χ1n) is 5.98. The Morgan fingerprint density at radius 3 is 3.06 bits per heavy atom. The van der Waals surface area contributed by atoms with Crippen LogP contribution in [0.4, 0.5) is 0 Å². The number of rotatable bonds is 4. The van der Waals surface area contributed by atoms with Crippen molar-refractivity contribution in [1.82, 2.24) is 15.5 Å². The van der Waals surface area contributed by atoms with E-state index in [4.69, 9.17) is 4.74 Å². The lowest BCUT2D eigenvalue weighted by Gasteiger charge is -2.22. The molecule has 0 bridgehead atoms. The number of nitrogens with one attached hydrogen (secondary N) is 1. The fraction of sp³-hybridized carbons (Fsp3) is 0.667. The lowest BCUT2D eigenvalue weighted by atomic mass is 9.97. The minimum Gasteiger partial charge on any atom is -0.477 e. The van der Waals surface area contributed by atoms with E-state index < -0.39 is 0 Å². The molecule has 1 N–H and O–H groups in total. The van der Waals surface area contributed by atoms with Gasteiger partial charge in [0.25, 0.3) is 0 Å². The van der Waals surface area contributed by atoms with Crippen molar-refractivity contribution in [3.8, 4) is 5.88 Å². The lowest BCUT2D eigenvalue weighted by molar-refractivity contribution is 0.245. The minimum absolute atomic E-state index is 0.634. The van der Waals surface area contributed by atoms with Crippen LogP contribution < -0.4 is 10.1 Å². The van der Waals surface area contributed by atoms with Crippen LogP contribution in [-0.2, 0) is 0 Å². The molecule has 0 amide bonds. The van der Waals surface area contributed by atoms with Crippen molar-refractivity contribution in [2.75, 3.05) is 19.7 Å². The summed E-state index contributed by atoms with van der Waals surface area (Å²) in [6.07, 6.45) is 3.70. The van der Waals surface area contributed by atoms with E-state index in [0.29, 0.717) is 5.88 Å². The molecule has 0 aromatic carbocycles. The van der Waals surface area contributed by atoms with Gasteiger partial charge in [0.15, 0.2) is 0 Å². The van der Waals surface area contributed by atoms with Crippen molar-refractivity contribution >= 4 is 0 Å². The molecule has 1 aliphatic heterocycles. The van der Waals surface area contributed by atoms with Gasteiger partial charge < -0.3 is 10.1 Å². The number of aromatic nitrogens is 2. The Bertz CT molecular complexity index is 307. The third-order valence-corrected chi connectivity index (χ3v) is 2.95. The molecule has 1 aromatic heterocycles. The largest absolute Gasteiger partial charge is 0.477 e. The molecule has 4 heteroatoms. The Kier molecular flexibility index (Phi) is 4.10. The van der Waals surface area contributed by atoms with Crippen LogP contribution in [0.1, 0.15) is 25.0 Å². The molecule has 0 radical (unpaired) electrons. The van der Waals surface area contributed by atoms with Crippen LogP contribution in [0.15, 0.2) is 12.1 Å². The first kappa shape index (κ1) is 11.3. The number of piperidine rings is 1. The molecule has 1 aliphatic rings. The second-order valence-corrected chi connectivity index (χ2v) is 4.36. The van der Waals surface area contributed by atoms with Gasteiger partial charge in [0.05, 0.1) is 12.3 Å². The summed E-state index contributed by atoms with van der Waals surface area (Å²) in [6, 6.07) is 3.80. The molecule has 0 spiro atoms. The summed E-state index contributed by atoms with van der Waals surface area (Å²) in [5.41, 5.74) is 0.920. The standard InChI is InChI=1S/C12H19N3O/c1-10-4-5-12(15-14-10)16-8-6-11-3-2-7-13-9-11/h4-5,11,13H,2-3,6-9H2,1H3/t11-/m0/s1. The van der Waals surface area contributed by atoms with E-state index in [9.17, 15) is 0 Å². The van der Waals surface area contributed by atoms with Gasteiger partial charge in [-0.25, -0.2) is 0 Å². The smallest absolute Gasteiger partial charge is 0.233 e. The zero-order valence-electron chi connectivity index (χ0n) is 9.78. The Morgan fingerprint density at radius 1 is 1.44 bits per heavy atom. The van der Waals surface area contributed by atoms with E-state index in [2.05, 4.69) is 15.5 Å². The van der Waals surface area contributed by atoms with Crippen molar-refractivity contribution < 1.29 is 4.74 Å². The molecule has 1 fully saturated rings. The first-order valence-corrected chi connectivity index (χ1v) is 5.98. The van der Waals surface area contributed by atoms with Gasteiger partial charge in [-0.05, 0) is 51.3 Å². The molecule has 2 rings (SSSR count). The second-order valence-electron chi connectivity index (χ2n) is 4.36. The number of hydrogen-bond acceptors (Lipinski definition) is 4. The van der Waals surface area contributed by atoms with Crippen molar-refractivity contribution in [3.63, 3.8) is 0 Å². The van der Waals surface area contributed by atoms with Crippen LogP contribution >= 0.6 is 0 Å². The van der Waals surface area contributed by atoms with Crippen LogP contribution in [0, 0.1) is 12.8 Å². The molecule has 0 unspecified atom stereocenters. The van der Waals surface area contributed by atoms with E-state index in [1.54, 1.807) is 0 Å². The fourth-order valence-electron chi connectivity index (χ4n) is 1.96. The topological polar surface area (TPSA) is 47.0 Å². The molecule has 2 heterocycles. The number of ether oxygens (including phenoxy) is 1. The summed E-state index contributed by atoms with van der Waals surface area (Å²) in [5, 5.41) is 11.3. The first-order chi connectivity index (χ1) is 7.84. The van der Waals surface area contributed by atoms with Gasteiger partial charge in [-0.15, -0.1) is 5.10 Å². The maximum atomic E-state index is 5.56. The van der Waals surface area contributed by atoms with Gasteiger partial charge in [-0.3, -0.25) is 0 Å². The normalized spacial score (nSPS) is 20.7. The highest BCUT2D eigenvalue weighted by atomic mass is 16.5. The summed E-state index contributed by atoms with van der Waals surface area (Å²) >= 11 is 0. The van der Waals surface area contributed by atoms with Gasteiger partial charge >= 0.3 is 0 Å². The minimum atomic E-state index is 0.634. The van der Waals surface area contributed by atoms with Crippen LogP contribution in [0.25, 0.3) is 0 Å². The average molecular weight is 221 g/mol. The number of aryl methyl sites for hydroxylation is 1. The summed E-state index contributed by atoms with van der Waals surface area (Å²) in [4.78, 5) is 0. The molecule has 88 valence electrons. The van der Waals surface area contributed by atoms with Crippen LogP contribution in [0.3, 0.4) is 0 Å². The third-order valence-electron chi connectivity index (χ3n) is 2.95. The summed E-state index contributed by atoms with van der Waals surface area (Å²) < 4.78 is 5.56. The average Bonchev–Trinajstić information content (AvgIpc) is 2.33. The van der Waals surface area contributed by atoms with Crippen molar-refractivity contribution in [2.24, 2.45) is 5.92 Å². The molecular weight excluding hydrogens is 202 g/mol. The molecule has 1 saturated heterocycles. The Labute approximate surface area is 96.4 Å². The van der Waals surface area contributed by atoms with Gasteiger partial charge in [0.1, 0.15) is 0 Å². The highest BCUT2D eigenvalue weighted by Gasteiger charge is 2.12. The monoisotopic (exact) mass is 221 g/mol. The van der Waals surface area contributed by atoms with E-state index in [-0.39, 0.29) is 0 Å². The molecule has 1 aromatic rings. The van der Waals surface area contributed by atoms with Crippen LogP contribution in [0.2, 0.25) is 0 Å². The molecule has 1 atom stereocenters. The van der Waals surface area contributed by atoms with Gasteiger partial charge in [0.2, 0.25) is 5.88 Å². The zero-order valence-corrected chi connectivity index (χ0v) is 9.78. The number of hydrogen-bond donors (Lipinski definition) is 1. The van der Waals surface area contributed by atoms with Crippen molar-refractivity contribution in [3.05, 3.63) is 17.8 Å². The fourth-order valence-corrected chi connectivity index (χ4v) is 1.96. The summed E-state index contributed by atoms with van der Waals surface area (Å²) in [5.74, 6) is 1.39. The lowest BCUT2D eigenvalue weighted by Crippen LogP contribution is -2.30. The Hall–Kier alpha value is -1.16. The molecule has 16 heavy (non-hydrogen) atoms. The quantitative estimate of drug-likeness (QED) is 0.838. The second kappa shape index (κ2) is 5.80. The van der Waals surface area contributed by atoms with Gasteiger partial charge in [0, 0.05) is 6.07 Å². The maximum Gasteiger partial charge on any atom is 0.233 e. The van der Waals surface area contributed by atoms with Crippen LogP contribution in [0.5, 0.6) is 5.88 Å². The number of nitrogens with zero attached hydrogens (tertiary/aromatic N) is 2. The SMILES string of the molecule is Cc1ccc(OCC[C@@H]2CCCNC2)nn1. The Morgan fingerprint density at radius 2 is 2.38 bits per heavy atom. The highest BCUT2D eigenvalue weighted by molar-refractivity contribution is 5.10.